The molecule has 0 aromatic heterocycles. The summed E-state index contributed by atoms with van der Waals surface area (Å²) in [6.45, 7) is -0.141. The fourth-order valence-electron chi connectivity index (χ4n) is 6.67. The molecule has 0 aromatic rings. The van der Waals surface area contributed by atoms with Gasteiger partial charge in [-0.15, -0.1) is 0 Å². The number of hydrogen-bond donors (Lipinski definition) is 1. The molecule has 114 valence electrons. The summed E-state index contributed by atoms with van der Waals surface area (Å²) in [5.74, 6) is 1.96. The standard InChI is InChI=1S/C17H22O4/c18-7-11-12-13(14(12)16(20)21-11)15(19)17-4-8-1-9(5-17)3-10(2-8)6-17/h8-14,18H,1-7H2/t8?,9?,10?,11-,12+,13+,14+,17?/m1/s1. The fraction of sp³-hybridized carbons (Fsp3) is 0.882. The van der Waals surface area contributed by atoms with Crippen molar-refractivity contribution in [1.29, 1.82) is 0 Å². The summed E-state index contributed by atoms with van der Waals surface area (Å²) in [6.07, 6.45) is 6.74. The molecule has 0 radical (unpaired) electrons. The summed E-state index contributed by atoms with van der Waals surface area (Å²) in [5.41, 5.74) is -0.121. The van der Waals surface area contributed by atoms with Crippen LogP contribution in [-0.2, 0) is 14.3 Å². The van der Waals surface area contributed by atoms with Crippen molar-refractivity contribution in [3.05, 3.63) is 0 Å². The van der Waals surface area contributed by atoms with E-state index >= 15 is 0 Å². The Morgan fingerprint density at radius 3 is 2.24 bits per heavy atom. The second-order valence-electron chi connectivity index (χ2n) is 8.35. The lowest BCUT2D eigenvalue weighted by atomic mass is 9.48. The molecule has 5 saturated carbocycles. The molecule has 21 heavy (non-hydrogen) atoms. The van der Waals surface area contributed by atoms with Gasteiger partial charge in [-0.3, -0.25) is 9.59 Å². The van der Waals surface area contributed by atoms with Gasteiger partial charge in [0.05, 0.1) is 12.5 Å². The molecule has 0 unspecified atom stereocenters. The summed E-state index contributed by atoms with van der Waals surface area (Å²) in [6, 6.07) is 0. The fourth-order valence-corrected chi connectivity index (χ4v) is 6.67. The molecule has 6 fully saturated rings. The van der Waals surface area contributed by atoms with Crippen LogP contribution in [0.2, 0.25) is 0 Å². The topological polar surface area (TPSA) is 63.6 Å². The van der Waals surface area contributed by atoms with Crippen LogP contribution in [0.15, 0.2) is 0 Å². The number of aliphatic hydroxyl groups excluding tert-OH is 1. The zero-order valence-corrected chi connectivity index (χ0v) is 12.2. The normalized spacial score (nSPS) is 56.2. The summed E-state index contributed by atoms with van der Waals surface area (Å²) >= 11 is 0. The van der Waals surface area contributed by atoms with Gasteiger partial charge in [0.2, 0.25) is 0 Å². The number of esters is 1. The number of fused-ring (bicyclic) bond motifs is 1. The van der Waals surface area contributed by atoms with E-state index < -0.39 is 6.10 Å². The molecule has 0 amide bonds. The lowest BCUT2D eigenvalue weighted by molar-refractivity contribution is -0.155. The Bertz CT molecular complexity index is 490. The highest BCUT2D eigenvalue weighted by Gasteiger charge is 2.71. The van der Waals surface area contributed by atoms with Crippen molar-refractivity contribution >= 4 is 11.8 Å². The van der Waals surface area contributed by atoms with Crippen LogP contribution < -0.4 is 0 Å². The highest BCUT2D eigenvalue weighted by Crippen LogP contribution is 2.65. The summed E-state index contributed by atoms with van der Waals surface area (Å²) in [4.78, 5) is 25.0. The highest BCUT2D eigenvalue weighted by atomic mass is 16.6. The van der Waals surface area contributed by atoms with E-state index in [1.165, 1.54) is 19.3 Å². The maximum absolute atomic E-state index is 13.2. The molecule has 6 rings (SSSR count). The molecule has 1 aliphatic heterocycles. The zero-order chi connectivity index (χ0) is 14.4. The van der Waals surface area contributed by atoms with Crippen LogP contribution in [-0.4, -0.2) is 29.6 Å². The molecule has 0 spiro atoms. The number of hydrogen-bond acceptors (Lipinski definition) is 4. The third-order valence-corrected chi connectivity index (χ3v) is 7.09. The van der Waals surface area contributed by atoms with Gasteiger partial charge < -0.3 is 9.84 Å². The van der Waals surface area contributed by atoms with Gasteiger partial charge >= 0.3 is 5.97 Å². The Hall–Kier alpha value is -0.900. The minimum Gasteiger partial charge on any atom is -0.459 e. The average molecular weight is 290 g/mol. The molecule has 1 saturated heterocycles. The molecule has 6 aliphatic rings. The van der Waals surface area contributed by atoms with E-state index in [9.17, 15) is 14.7 Å². The van der Waals surface area contributed by atoms with Crippen LogP contribution in [0.3, 0.4) is 0 Å². The number of carbonyl (C=O) groups excluding carboxylic acids is 2. The Kier molecular flexibility index (Phi) is 2.34. The summed E-state index contributed by atoms with van der Waals surface area (Å²) in [5, 5.41) is 9.33. The van der Waals surface area contributed by atoms with Crippen molar-refractivity contribution in [2.24, 2.45) is 40.9 Å². The molecule has 4 atom stereocenters. The van der Waals surface area contributed by atoms with Crippen molar-refractivity contribution < 1.29 is 19.4 Å². The van der Waals surface area contributed by atoms with E-state index in [0.717, 1.165) is 37.0 Å². The molecule has 5 aliphatic carbocycles. The lowest BCUT2D eigenvalue weighted by Crippen LogP contribution is -2.51. The van der Waals surface area contributed by atoms with E-state index in [-0.39, 0.29) is 35.7 Å². The molecule has 4 bridgehead atoms. The van der Waals surface area contributed by atoms with Gasteiger partial charge in [-0.25, -0.2) is 0 Å². The first-order valence-electron chi connectivity index (χ1n) is 8.47. The third-order valence-electron chi connectivity index (χ3n) is 7.09. The van der Waals surface area contributed by atoms with Gasteiger partial charge in [0, 0.05) is 17.3 Å². The van der Waals surface area contributed by atoms with E-state index in [1.54, 1.807) is 0 Å². The second kappa shape index (κ2) is 3.89. The first-order valence-corrected chi connectivity index (χ1v) is 8.47. The van der Waals surface area contributed by atoms with Crippen LogP contribution in [0.4, 0.5) is 0 Å². The van der Waals surface area contributed by atoms with Crippen molar-refractivity contribution in [2.75, 3.05) is 6.61 Å². The number of ketones is 1. The summed E-state index contributed by atoms with van der Waals surface area (Å²) < 4.78 is 5.13. The zero-order valence-electron chi connectivity index (χ0n) is 12.2. The molecule has 1 heterocycles. The predicted molar refractivity (Wildman–Crippen MR) is 73.0 cm³/mol. The smallest absolute Gasteiger partial charge is 0.310 e. The molecular weight excluding hydrogens is 268 g/mol. The monoisotopic (exact) mass is 290 g/mol. The number of rotatable bonds is 3. The Balaban J connectivity index is 1.42. The van der Waals surface area contributed by atoms with Crippen molar-refractivity contribution in [3.8, 4) is 0 Å². The third kappa shape index (κ3) is 1.55. The SMILES string of the molecule is O=C1O[C@H](CO)[C@@H]2[C@H]1[C@H]2C(=O)C12CC3CC(CC(C3)C1)C2. The van der Waals surface area contributed by atoms with Crippen LogP contribution in [0.5, 0.6) is 0 Å². The Labute approximate surface area is 124 Å². The number of cyclic esters (lactones) is 1. The van der Waals surface area contributed by atoms with Gasteiger partial charge in [0.1, 0.15) is 11.9 Å². The first kappa shape index (κ1) is 12.6. The maximum Gasteiger partial charge on any atom is 0.310 e. The molecule has 4 nitrogen and oxygen atoms in total. The van der Waals surface area contributed by atoms with E-state index in [0.29, 0.717) is 5.78 Å². The van der Waals surface area contributed by atoms with Gasteiger partial charge in [-0.2, -0.15) is 0 Å². The molecule has 4 heteroatoms. The number of aliphatic hydroxyl groups is 1. The lowest BCUT2D eigenvalue weighted by Gasteiger charge is -2.56. The van der Waals surface area contributed by atoms with E-state index in [4.69, 9.17) is 4.74 Å². The van der Waals surface area contributed by atoms with Crippen LogP contribution >= 0.6 is 0 Å². The molecule has 1 N–H and O–H groups in total. The predicted octanol–water partition coefficient (Wildman–Crippen LogP) is 1.55. The largest absolute Gasteiger partial charge is 0.459 e. The van der Waals surface area contributed by atoms with Crippen molar-refractivity contribution in [3.63, 3.8) is 0 Å². The van der Waals surface area contributed by atoms with Crippen LogP contribution in [0.1, 0.15) is 38.5 Å². The second-order valence-corrected chi connectivity index (χ2v) is 8.35. The van der Waals surface area contributed by atoms with E-state index in [1.807, 2.05) is 0 Å². The Morgan fingerprint density at radius 1 is 1.14 bits per heavy atom. The van der Waals surface area contributed by atoms with Gasteiger partial charge in [-0.1, -0.05) is 0 Å². The van der Waals surface area contributed by atoms with Crippen LogP contribution in [0.25, 0.3) is 0 Å². The van der Waals surface area contributed by atoms with Gasteiger partial charge in [0.15, 0.2) is 0 Å². The van der Waals surface area contributed by atoms with E-state index in [2.05, 4.69) is 0 Å². The Morgan fingerprint density at radius 2 is 1.71 bits per heavy atom. The van der Waals surface area contributed by atoms with Crippen LogP contribution in [0, 0.1) is 40.9 Å². The van der Waals surface area contributed by atoms with Crippen molar-refractivity contribution in [2.45, 2.75) is 44.6 Å². The maximum atomic E-state index is 13.2. The average Bonchev–Trinajstić information content (AvgIpc) is 3.09. The van der Waals surface area contributed by atoms with Gasteiger partial charge in [-0.05, 0) is 56.3 Å². The van der Waals surface area contributed by atoms with Gasteiger partial charge in [0.25, 0.3) is 0 Å². The number of Topliss-reactive ketones (excluding diaryl/α,β-unsaturated/α-hetero) is 1. The first-order chi connectivity index (χ1) is 10.1. The highest BCUT2D eigenvalue weighted by molar-refractivity contribution is 5.97. The number of ether oxygens (including phenoxy) is 1. The van der Waals surface area contributed by atoms with Crippen molar-refractivity contribution in [1.82, 2.24) is 0 Å². The quantitative estimate of drug-likeness (QED) is 0.801. The summed E-state index contributed by atoms with van der Waals surface area (Å²) in [7, 11) is 0. The minimum atomic E-state index is -0.426. The molecule has 0 aromatic carbocycles. The number of carbonyl (C=O) groups is 2. The molecular formula is C17H22O4. The minimum absolute atomic E-state index is 0.0250.